The molecule has 0 aliphatic rings. The maximum Gasteiger partial charge on any atom is 0.0596 e. The van der Waals surface area contributed by atoms with E-state index in [9.17, 15) is 0 Å². The molecule has 4 heteroatoms. The minimum absolute atomic E-state index is 0.398. The molecule has 2 rings (SSSR count). The third kappa shape index (κ3) is 3.70. The Morgan fingerprint density at radius 3 is 2.70 bits per heavy atom. The summed E-state index contributed by atoms with van der Waals surface area (Å²) in [4.78, 5) is 2.90. The summed E-state index contributed by atoms with van der Waals surface area (Å²) in [5.74, 6) is 0. The van der Waals surface area contributed by atoms with Gasteiger partial charge in [0.1, 0.15) is 0 Å². The number of thiophene rings is 1. The highest BCUT2D eigenvalue weighted by Gasteiger charge is 2.16. The molecule has 2 aromatic heterocycles. The molecular weight excluding hydrogens is 266 g/mol. The largest absolute Gasteiger partial charge is 0.309 e. The van der Waals surface area contributed by atoms with Gasteiger partial charge >= 0.3 is 0 Å². The first-order valence-corrected chi connectivity index (χ1v) is 8.27. The van der Waals surface area contributed by atoms with Crippen molar-refractivity contribution in [2.24, 2.45) is 7.05 Å². The van der Waals surface area contributed by atoms with Crippen molar-refractivity contribution in [1.82, 2.24) is 15.1 Å². The van der Waals surface area contributed by atoms with Crippen LogP contribution in [0.3, 0.4) is 0 Å². The smallest absolute Gasteiger partial charge is 0.0596 e. The van der Waals surface area contributed by atoms with Gasteiger partial charge in [0.15, 0.2) is 0 Å². The SMILES string of the molecule is CCCNC(Cc1cc(C)nn1C)c1ccc(CC)s1. The summed E-state index contributed by atoms with van der Waals surface area (Å²) in [6.45, 7) is 7.54. The van der Waals surface area contributed by atoms with Gasteiger partial charge in [-0.1, -0.05) is 13.8 Å². The number of aryl methyl sites for hydroxylation is 3. The van der Waals surface area contributed by atoms with E-state index >= 15 is 0 Å². The van der Waals surface area contributed by atoms with Crippen molar-refractivity contribution in [3.05, 3.63) is 39.3 Å². The Bertz CT molecular complexity index is 542. The normalized spacial score (nSPS) is 12.8. The van der Waals surface area contributed by atoms with E-state index in [-0.39, 0.29) is 0 Å². The van der Waals surface area contributed by atoms with Gasteiger partial charge in [-0.3, -0.25) is 4.68 Å². The van der Waals surface area contributed by atoms with Crippen LogP contribution in [0.15, 0.2) is 18.2 Å². The standard InChI is InChI=1S/C16H25N3S/c1-5-9-17-15(16-8-7-14(6-2)20-16)11-13-10-12(3)18-19(13)4/h7-8,10,15,17H,5-6,9,11H2,1-4H3. The summed E-state index contributed by atoms with van der Waals surface area (Å²) in [5, 5.41) is 8.13. The average Bonchev–Trinajstić information content (AvgIpc) is 3.01. The monoisotopic (exact) mass is 291 g/mol. The maximum atomic E-state index is 4.45. The van der Waals surface area contributed by atoms with Gasteiger partial charge in [0.05, 0.1) is 5.69 Å². The molecule has 0 radical (unpaired) electrons. The molecule has 0 fully saturated rings. The van der Waals surface area contributed by atoms with Crippen LogP contribution >= 0.6 is 11.3 Å². The lowest BCUT2D eigenvalue weighted by Gasteiger charge is -2.17. The summed E-state index contributed by atoms with van der Waals surface area (Å²) in [5.41, 5.74) is 2.39. The topological polar surface area (TPSA) is 29.9 Å². The second-order valence-corrected chi connectivity index (χ2v) is 6.47. The molecule has 1 N–H and O–H groups in total. The first kappa shape index (κ1) is 15.3. The molecule has 1 atom stereocenters. The molecule has 1 unspecified atom stereocenters. The molecule has 0 aliphatic carbocycles. The minimum atomic E-state index is 0.398. The quantitative estimate of drug-likeness (QED) is 0.844. The van der Waals surface area contributed by atoms with Crippen molar-refractivity contribution in [2.75, 3.05) is 6.54 Å². The molecule has 0 spiro atoms. The van der Waals surface area contributed by atoms with Crippen LogP contribution in [0.25, 0.3) is 0 Å². The van der Waals surface area contributed by atoms with Gasteiger partial charge in [0, 0.05) is 35.0 Å². The van der Waals surface area contributed by atoms with E-state index in [0.717, 1.165) is 31.5 Å². The molecule has 20 heavy (non-hydrogen) atoms. The first-order valence-electron chi connectivity index (χ1n) is 7.45. The molecule has 0 aromatic carbocycles. The Morgan fingerprint density at radius 2 is 2.15 bits per heavy atom. The summed E-state index contributed by atoms with van der Waals surface area (Å²) >= 11 is 1.93. The van der Waals surface area contributed by atoms with Crippen LogP contribution in [0.5, 0.6) is 0 Å². The van der Waals surface area contributed by atoms with Crippen molar-refractivity contribution in [1.29, 1.82) is 0 Å². The highest BCUT2D eigenvalue weighted by molar-refractivity contribution is 7.12. The van der Waals surface area contributed by atoms with Crippen LogP contribution in [-0.4, -0.2) is 16.3 Å². The third-order valence-electron chi connectivity index (χ3n) is 3.53. The van der Waals surface area contributed by atoms with Crippen molar-refractivity contribution >= 4 is 11.3 Å². The lowest BCUT2D eigenvalue weighted by atomic mass is 10.1. The van der Waals surface area contributed by atoms with Gasteiger partial charge in [-0.2, -0.15) is 5.10 Å². The Morgan fingerprint density at radius 1 is 1.35 bits per heavy atom. The summed E-state index contributed by atoms with van der Waals surface area (Å²) < 4.78 is 2.00. The fourth-order valence-corrected chi connectivity index (χ4v) is 3.46. The lowest BCUT2D eigenvalue weighted by molar-refractivity contribution is 0.519. The fourth-order valence-electron chi connectivity index (χ4n) is 2.43. The molecule has 110 valence electrons. The van der Waals surface area contributed by atoms with E-state index in [1.165, 1.54) is 15.4 Å². The van der Waals surface area contributed by atoms with E-state index in [2.05, 4.69) is 49.4 Å². The summed E-state index contributed by atoms with van der Waals surface area (Å²) in [6, 6.07) is 7.12. The molecule has 0 saturated heterocycles. The number of aromatic nitrogens is 2. The highest BCUT2D eigenvalue weighted by atomic mass is 32.1. The van der Waals surface area contributed by atoms with Gasteiger partial charge in [-0.25, -0.2) is 0 Å². The Balaban J connectivity index is 2.16. The van der Waals surface area contributed by atoms with Crippen LogP contribution in [0.4, 0.5) is 0 Å². The summed E-state index contributed by atoms with van der Waals surface area (Å²) in [6.07, 6.45) is 3.28. The van der Waals surface area contributed by atoms with Crippen LogP contribution in [0, 0.1) is 6.92 Å². The van der Waals surface area contributed by atoms with E-state index in [1.54, 1.807) is 0 Å². The molecular formula is C16H25N3S. The molecule has 2 heterocycles. The predicted molar refractivity (Wildman–Crippen MR) is 86.4 cm³/mol. The van der Waals surface area contributed by atoms with Gasteiger partial charge in [-0.15, -0.1) is 11.3 Å². The van der Waals surface area contributed by atoms with Crippen LogP contribution in [-0.2, 0) is 19.9 Å². The minimum Gasteiger partial charge on any atom is -0.309 e. The number of nitrogens with zero attached hydrogens (tertiary/aromatic N) is 2. The van der Waals surface area contributed by atoms with E-state index < -0.39 is 0 Å². The fraction of sp³-hybridized carbons (Fsp3) is 0.562. The van der Waals surface area contributed by atoms with Gasteiger partial charge < -0.3 is 5.32 Å². The molecule has 0 aliphatic heterocycles. The Hall–Kier alpha value is -1.13. The Labute approximate surface area is 126 Å². The second kappa shape index (κ2) is 7.04. The van der Waals surface area contributed by atoms with Gasteiger partial charge in [0.25, 0.3) is 0 Å². The number of nitrogens with one attached hydrogen (secondary N) is 1. The maximum absolute atomic E-state index is 4.45. The van der Waals surface area contributed by atoms with Gasteiger partial charge in [-0.05, 0) is 44.5 Å². The van der Waals surface area contributed by atoms with E-state index in [4.69, 9.17) is 0 Å². The van der Waals surface area contributed by atoms with E-state index in [0.29, 0.717) is 6.04 Å². The number of rotatable bonds is 7. The zero-order valence-electron chi connectivity index (χ0n) is 12.9. The molecule has 0 bridgehead atoms. The lowest BCUT2D eigenvalue weighted by Crippen LogP contribution is -2.24. The van der Waals surface area contributed by atoms with Crippen molar-refractivity contribution in [2.45, 2.75) is 46.1 Å². The van der Waals surface area contributed by atoms with Crippen molar-refractivity contribution in [3.8, 4) is 0 Å². The second-order valence-electron chi connectivity index (χ2n) is 5.27. The molecule has 0 saturated carbocycles. The number of hydrogen-bond donors (Lipinski definition) is 1. The molecule has 0 amide bonds. The van der Waals surface area contributed by atoms with Crippen LogP contribution < -0.4 is 5.32 Å². The van der Waals surface area contributed by atoms with Crippen molar-refractivity contribution < 1.29 is 0 Å². The highest BCUT2D eigenvalue weighted by Crippen LogP contribution is 2.26. The zero-order chi connectivity index (χ0) is 14.5. The van der Waals surface area contributed by atoms with E-state index in [1.807, 2.05) is 23.1 Å². The van der Waals surface area contributed by atoms with Crippen LogP contribution in [0.2, 0.25) is 0 Å². The predicted octanol–water partition coefficient (Wildman–Crippen LogP) is 3.64. The zero-order valence-corrected chi connectivity index (χ0v) is 13.8. The van der Waals surface area contributed by atoms with Crippen molar-refractivity contribution in [3.63, 3.8) is 0 Å². The average molecular weight is 291 g/mol. The first-order chi connectivity index (χ1) is 9.63. The summed E-state index contributed by atoms with van der Waals surface area (Å²) in [7, 11) is 2.03. The van der Waals surface area contributed by atoms with Gasteiger partial charge in [0.2, 0.25) is 0 Å². The van der Waals surface area contributed by atoms with Crippen LogP contribution in [0.1, 0.15) is 47.5 Å². The molecule has 2 aromatic rings. The molecule has 3 nitrogen and oxygen atoms in total. The number of hydrogen-bond acceptors (Lipinski definition) is 3. The Kier molecular flexibility index (Phi) is 5.38. The third-order valence-corrected chi connectivity index (χ3v) is 4.87.